The van der Waals surface area contributed by atoms with E-state index in [9.17, 15) is 0 Å². The van der Waals surface area contributed by atoms with Crippen LogP contribution in [0.3, 0.4) is 0 Å². The van der Waals surface area contributed by atoms with Crippen molar-refractivity contribution in [3.63, 3.8) is 0 Å². The van der Waals surface area contributed by atoms with E-state index in [2.05, 4.69) is 30.2 Å². The van der Waals surface area contributed by atoms with E-state index in [0.717, 1.165) is 24.1 Å². The Labute approximate surface area is 110 Å². The Hall–Kier alpha value is -1.09. The lowest BCUT2D eigenvalue weighted by atomic mass is 10.0. The Morgan fingerprint density at radius 1 is 1.44 bits per heavy atom. The van der Waals surface area contributed by atoms with E-state index in [0.29, 0.717) is 6.04 Å². The summed E-state index contributed by atoms with van der Waals surface area (Å²) < 4.78 is 5.72. The van der Waals surface area contributed by atoms with Gasteiger partial charge in [0, 0.05) is 12.2 Å². The van der Waals surface area contributed by atoms with Crippen LogP contribution in [0, 0.1) is 11.8 Å². The minimum absolute atomic E-state index is 0.194. The lowest BCUT2D eigenvalue weighted by Crippen LogP contribution is -2.23. The zero-order valence-corrected chi connectivity index (χ0v) is 11.8. The summed E-state index contributed by atoms with van der Waals surface area (Å²) in [6.07, 6.45) is 5.26. The number of nitrogens with zero attached hydrogens (tertiary/aromatic N) is 1. The standard InChI is InChI=1S/C15H24N2O/c1-5-17-15(14-6-11(14)4)12-7-13(9-16-8-12)18-10(2)3/h7-11,14-15,17H,5-6H2,1-4H3. The Morgan fingerprint density at radius 3 is 2.72 bits per heavy atom. The molecule has 3 nitrogen and oxygen atoms in total. The van der Waals surface area contributed by atoms with Gasteiger partial charge in [-0.2, -0.15) is 0 Å². The summed E-state index contributed by atoms with van der Waals surface area (Å²) in [5, 5.41) is 3.58. The molecule has 1 N–H and O–H groups in total. The van der Waals surface area contributed by atoms with Gasteiger partial charge >= 0.3 is 0 Å². The second-order valence-electron chi connectivity index (χ2n) is 5.53. The number of hydrogen-bond acceptors (Lipinski definition) is 3. The predicted octanol–water partition coefficient (Wildman–Crippen LogP) is 3.18. The molecule has 1 aliphatic rings. The zero-order chi connectivity index (χ0) is 13.1. The molecule has 1 fully saturated rings. The fourth-order valence-corrected chi connectivity index (χ4v) is 2.49. The summed E-state index contributed by atoms with van der Waals surface area (Å²) in [6.45, 7) is 9.54. The van der Waals surface area contributed by atoms with Crippen LogP contribution in [-0.4, -0.2) is 17.6 Å². The Kier molecular flexibility index (Phi) is 4.23. The van der Waals surface area contributed by atoms with Crippen molar-refractivity contribution in [2.45, 2.75) is 46.3 Å². The van der Waals surface area contributed by atoms with Crippen molar-refractivity contribution in [1.29, 1.82) is 0 Å². The summed E-state index contributed by atoms with van der Waals surface area (Å²) >= 11 is 0. The lowest BCUT2D eigenvalue weighted by Gasteiger charge is -2.19. The van der Waals surface area contributed by atoms with Gasteiger partial charge in [-0.3, -0.25) is 4.98 Å². The SMILES string of the molecule is CCNC(c1cncc(OC(C)C)c1)C1CC1C. The molecule has 1 aromatic rings. The van der Waals surface area contributed by atoms with Crippen LogP contribution in [0.4, 0.5) is 0 Å². The van der Waals surface area contributed by atoms with Gasteiger partial charge in [-0.15, -0.1) is 0 Å². The third-order valence-corrected chi connectivity index (χ3v) is 3.49. The lowest BCUT2D eigenvalue weighted by molar-refractivity contribution is 0.241. The van der Waals surface area contributed by atoms with Gasteiger partial charge in [0.25, 0.3) is 0 Å². The first-order valence-corrected chi connectivity index (χ1v) is 6.96. The maximum Gasteiger partial charge on any atom is 0.138 e. The number of rotatable bonds is 6. The Morgan fingerprint density at radius 2 is 2.17 bits per heavy atom. The quantitative estimate of drug-likeness (QED) is 0.839. The number of pyridine rings is 1. The molecule has 1 aromatic heterocycles. The maximum absolute atomic E-state index is 5.72. The summed E-state index contributed by atoms with van der Waals surface area (Å²) in [4.78, 5) is 4.31. The molecule has 1 saturated carbocycles. The molecule has 0 saturated heterocycles. The molecule has 1 heterocycles. The van der Waals surface area contributed by atoms with Crippen LogP contribution in [0.15, 0.2) is 18.5 Å². The Bertz CT molecular complexity index is 392. The van der Waals surface area contributed by atoms with Gasteiger partial charge in [-0.25, -0.2) is 0 Å². The molecular formula is C15H24N2O. The Balaban J connectivity index is 2.14. The fraction of sp³-hybridized carbons (Fsp3) is 0.667. The van der Waals surface area contributed by atoms with E-state index >= 15 is 0 Å². The third-order valence-electron chi connectivity index (χ3n) is 3.49. The molecule has 3 unspecified atom stereocenters. The number of ether oxygens (including phenoxy) is 1. The van der Waals surface area contributed by atoms with E-state index in [4.69, 9.17) is 4.74 Å². The first-order chi connectivity index (χ1) is 8.61. The van der Waals surface area contributed by atoms with E-state index < -0.39 is 0 Å². The minimum atomic E-state index is 0.194. The van der Waals surface area contributed by atoms with Crippen LogP contribution in [0.2, 0.25) is 0 Å². The first kappa shape index (κ1) is 13.3. The molecule has 2 rings (SSSR count). The molecule has 0 aromatic carbocycles. The normalized spacial score (nSPS) is 24.1. The van der Waals surface area contributed by atoms with Crippen molar-refractivity contribution < 1.29 is 4.74 Å². The molecule has 0 amide bonds. The van der Waals surface area contributed by atoms with Gasteiger partial charge < -0.3 is 10.1 Å². The van der Waals surface area contributed by atoms with Crippen molar-refractivity contribution in [3.05, 3.63) is 24.0 Å². The van der Waals surface area contributed by atoms with E-state index in [1.54, 1.807) is 6.20 Å². The highest BCUT2D eigenvalue weighted by atomic mass is 16.5. The largest absolute Gasteiger partial charge is 0.489 e. The second-order valence-corrected chi connectivity index (χ2v) is 5.53. The minimum Gasteiger partial charge on any atom is -0.489 e. The van der Waals surface area contributed by atoms with Crippen molar-refractivity contribution in [2.75, 3.05) is 6.54 Å². The van der Waals surface area contributed by atoms with Crippen molar-refractivity contribution in [3.8, 4) is 5.75 Å². The summed E-state index contributed by atoms with van der Waals surface area (Å²) in [6, 6.07) is 2.55. The first-order valence-electron chi connectivity index (χ1n) is 6.96. The summed E-state index contributed by atoms with van der Waals surface area (Å²) in [5.74, 6) is 2.45. The number of nitrogens with one attached hydrogen (secondary N) is 1. The smallest absolute Gasteiger partial charge is 0.138 e. The molecule has 1 aliphatic carbocycles. The van der Waals surface area contributed by atoms with Crippen LogP contribution in [0.25, 0.3) is 0 Å². The third kappa shape index (κ3) is 3.22. The number of hydrogen-bond donors (Lipinski definition) is 1. The molecule has 18 heavy (non-hydrogen) atoms. The van der Waals surface area contributed by atoms with Gasteiger partial charge in [0.15, 0.2) is 0 Å². The fourth-order valence-electron chi connectivity index (χ4n) is 2.49. The topological polar surface area (TPSA) is 34.2 Å². The molecule has 3 heteroatoms. The van der Waals surface area contributed by atoms with Gasteiger partial charge in [0.05, 0.1) is 12.3 Å². The molecule has 0 spiro atoms. The van der Waals surface area contributed by atoms with Crippen molar-refractivity contribution in [2.24, 2.45) is 11.8 Å². The van der Waals surface area contributed by atoms with E-state index in [-0.39, 0.29) is 6.10 Å². The van der Waals surface area contributed by atoms with Crippen molar-refractivity contribution in [1.82, 2.24) is 10.3 Å². The highest BCUT2D eigenvalue weighted by Gasteiger charge is 2.39. The van der Waals surface area contributed by atoms with Crippen LogP contribution < -0.4 is 10.1 Å². The van der Waals surface area contributed by atoms with Gasteiger partial charge in [-0.05, 0) is 50.3 Å². The maximum atomic E-state index is 5.72. The predicted molar refractivity (Wildman–Crippen MR) is 73.7 cm³/mol. The monoisotopic (exact) mass is 248 g/mol. The molecule has 0 bridgehead atoms. The van der Waals surface area contributed by atoms with Crippen LogP contribution >= 0.6 is 0 Å². The molecule has 3 atom stereocenters. The molecular weight excluding hydrogens is 224 g/mol. The molecule has 100 valence electrons. The average molecular weight is 248 g/mol. The van der Waals surface area contributed by atoms with Gasteiger partial charge in [0.1, 0.15) is 5.75 Å². The van der Waals surface area contributed by atoms with Gasteiger partial charge in [-0.1, -0.05) is 13.8 Å². The molecule has 0 aliphatic heterocycles. The van der Waals surface area contributed by atoms with Crippen LogP contribution in [0.5, 0.6) is 5.75 Å². The summed E-state index contributed by atoms with van der Waals surface area (Å²) in [5.41, 5.74) is 1.25. The second kappa shape index (κ2) is 5.70. The number of aromatic nitrogens is 1. The highest BCUT2D eigenvalue weighted by Crippen LogP contribution is 2.47. The molecule has 0 radical (unpaired) electrons. The average Bonchev–Trinajstić information content (AvgIpc) is 3.02. The van der Waals surface area contributed by atoms with Crippen LogP contribution in [-0.2, 0) is 0 Å². The highest BCUT2D eigenvalue weighted by molar-refractivity contribution is 5.27. The van der Waals surface area contributed by atoms with E-state index in [1.165, 1.54) is 12.0 Å². The van der Waals surface area contributed by atoms with Crippen LogP contribution in [0.1, 0.15) is 45.7 Å². The zero-order valence-electron chi connectivity index (χ0n) is 11.8. The van der Waals surface area contributed by atoms with E-state index in [1.807, 2.05) is 20.0 Å². The van der Waals surface area contributed by atoms with Gasteiger partial charge in [0.2, 0.25) is 0 Å². The summed E-state index contributed by atoms with van der Waals surface area (Å²) in [7, 11) is 0. The van der Waals surface area contributed by atoms with Crippen molar-refractivity contribution >= 4 is 0 Å².